The van der Waals surface area contributed by atoms with Gasteiger partial charge in [0.05, 0.1) is 42.9 Å². The Morgan fingerprint density at radius 2 is 1.32 bits per heavy atom. The van der Waals surface area contributed by atoms with E-state index < -0.39 is 6.04 Å². The van der Waals surface area contributed by atoms with Gasteiger partial charge in [-0.15, -0.1) is 0 Å². The fourth-order valence-electron chi connectivity index (χ4n) is 6.23. The first kappa shape index (κ1) is 34.3. The quantitative estimate of drug-likeness (QED) is 0.150. The summed E-state index contributed by atoms with van der Waals surface area (Å²) < 4.78 is 0. The first-order valence-electron chi connectivity index (χ1n) is 16.7. The monoisotopic (exact) mass is 673 g/mol. The molecule has 0 spiro atoms. The molecular formula is C38H43N9O3. The minimum atomic E-state index is -0.780. The van der Waals surface area contributed by atoms with E-state index >= 15 is 0 Å². The van der Waals surface area contributed by atoms with Crippen molar-refractivity contribution in [3.8, 4) is 33.6 Å². The molecule has 6 rings (SSSR count). The predicted molar refractivity (Wildman–Crippen MR) is 194 cm³/mol. The Balaban J connectivity index is 1.12. The van der Waals surface area contributed by atoms with Crippen LogP contribution >= 0.6 is 0 Å². The zero-order chi connectivity index (χ0) is 35.2. The van der Waals surface area contributed by atoms with Crippen LogP contribution < -0.4 is 10.6 Å². The van der Waals surface area contributed by atoms with Crippen LogP contribution in [0, 0.1) is 0 Å². The summed E-state index contributed by atoms with van der Waals surface area (Å²) in [5.74, 6) is 0.671. The number of imidazole rings is 2. The molecule has 258 valence electrons. The number of anilines is 1. The number of H-pyrrole nitrogens is 2. The number of rotatable bonds is 12. The van der Waals surface area contributed by atoms with Crippen molar-refractivity contribution in [2.24, 2.45) is 0 Å². The topological polar surface area (TPSA) is 142 Å². The molecule has 2 aromatic heterocycles. The lowest BCUT2D eigenvalue weighted by molar-refractivity contribution is -0.137. The maximum Gasteiger partial charge on any atom is 0.250 e. The average molecular weight is 674 g/mol. The van der Waals surface area contributed by atoms with Gasteiger partial charge in [-0.2, -0.15) is 0 Å². The molecule has 1 aliphatic rings. The highest BCUT2D eigenvalue weighted by Gasteiger charge is 2.37. The number of hydrogen-bond acceptors (Lipinski definition) is 7. The number of likely N-dealkylation sites (N-methyl/N-ethyl adjacent to an activating group) is 2. The number of nitrogens with zero attached hydrogens (tertiary/aromatic N) is 5. The van der Waals surface area contributed by atoms with Crippen LogP contribution in [0.5, 0.6) is 0 Å². The minimum Gasteiger partial charge on any atom is -0.340 e. The fourth-order valence-corrected chi connectivity index (χ4v) is 6.23. The first-order chi connectivity index (χ1) is 24.1. The average Bonchev–Trinajstić information content (AvgIpc) is 3.88. The van der Waals surface area contributed by atoms with Crippen LogP contribution in [0.4, 0.5) is 5.95 Å². The van der Waals surface area contributed by atoms with E-state index in [-0.39, 0.29) is 36.9 Å². The number of aromatic amines is 2. The molecule has 3 amide bonds. The molecule has 50 heavy (non-hydrogen) atoms. The van der Waals surface area contributed by atoms with Crippen molar-refractivity contribution in [2.75, 3.05) is 53.1 Å². The lowest BCUT2D eigenvalue weighted by Crippen LogP contribution is -2.45. The van der Waals surface area contributed by atoms with Gasteiger partial charge in [0.25, 0.3) is 0 Å². The van der Waals surface area contributed by atoms with Crippen molar-refractivity contribution < 1.29 is 14.4 Å². The van der Waals surface area contributed by atoms with E-state index in [2.05, 4.69) is 62.0 Å². The van der Waals surface area contributed by atoms with E-state index in [1.165, 1.54) is 0 Å². The smallest absolute Gasteiger partial charge is 0.250 e. The number of likely N-dealkylation sites (tertiary alicyclic amines) is 1. The molecule has 1 unspecified atom stereocenters. The molecule has 12 heteroatoms. The van der Waals surface area contributed by atoms with Crippen molar-refractivity contribution in [3.63, 3.8) is 0 Å². The van der Waals surface area contributed by atoms with Crippen molar-refractivity contribution in [3.05, 3.63) is 103 Å². The summed E-state index contributed by atoms with van der Waals surface area (Å²) in [4.78, 5) is 59.9. The van der Waals surface area contributed by atoms with Crippen LogP contribution in [0.1, 0.15) is 36.3 Å². The third-order valence-corrected chi connectivity index (χ3v) is 8.61. The third kappa shape index (κ3) is 8.16. The van der Waals surface area contributed by atoms with E-state index in [1.54, 1.807) is 16.0 Å². The molecule has 5 aromatic rings. The highest BCUT2D eigenvalue weighted by Crippen LogP contribution is 2.34. The fraction of sp³-hybridized carbons (Fsp3) is 0.289. The standard InChI is InChI=1S/C38H43N9O3/c1-45(2)23-33(48)43-35(29-9-6-5-7-10-29)37(50)47-20-8-11-32(47)36-39-21-30(41-36)27-16-12-25(13-17-27)26-14-18-28(19-15-26)31-22-40-38(42-31)44-34(49)24-46(3)4/h5-7,9-10,12-19,21-22,32,35H,8,11,20,23-24H2,1-4H3,(H,39,41)(H,43,48)(H2,40,42,44,49)/t32?,35-/m1/s1. The van der Waals surface area contributed by atoms with Crippen molar-refractivity contribution in [1.29, 1.82) is 0 Å². The molecular weight excluding hydrogens is 630 g/mol. The third-order valence-electron chi connectivity index (χ3n) is 8.61. The van der Waals surface area contributed by atoms with Gasteiger partial charge in [-0.25, -0.2) is 9.97 Å². The molecule has 4 N–H and O–H groups in total. The Morgan fingerprint density at radius 3 is 1.94 bits per heavy atom. The highest BCUT2D eigenvalue weighted by molar-refractivity contribution is 5.91. The normalized spacial score (nSPS) is 15.0. The van der Waals surface area contributed by atoms with Gasteiger partial charge in [0.2, 0.25) is 23.7 Å². The Hall–Kier alpha value is -5.59. The lowest BCUT2D eigenvalue weighted by Gasteiger charge is -2.29. The highest BCUT2D eigenvalue weighted by atomic mass is 16.2. The zero-order valence-corrected chi connectivity index (χ0v) is 28.8. The first-order valence-corrected chi connectivity index (χ1v) is 16.7. The predicted octanol–water partition coefficient (Wildman–Crippen LogP) is 4.72. The maximum absolute atomic E-state index is 14.0. The minimum absolute atomic E-state index is 0.133. The van der Waals surface area contributed by atoms with E-state index in [4.69, 9.17) is 4.98 Å². The van der Waals surface area contributed by atoms with Crippen LogP contribution in [0.15, 0.2) is 91.3 Å². The van der Waals surface area contributed by atoms with Gasteiger partial charge < -0.3 is 30.0 Å². The van der Waals surface area contributed by atoms with E-state index in [0.717, 1.165) is 57.9 Å². The summed E-state index contributed by atoms with van der Waals surface area (Å²) in [7, 11) is 7.33. The lowest BCUT2D eigenvalue weighted by atomic mass is 10.0. The number of hydrogen-bond donors (Lipinski definition) is 4. The number of carbonyl (C=O) groups is 3. The maximum atomic E-state index is 14.0. The van der Waals surface area contributed by atoms with Gasteiger partial charge in [-0.05, 0) is 68.8 Å². The molecule has 1 fully saturated rings. The molecule has 1 saturated heterocycles. The number of aromatic nitrogens is 4. The Bertz CT molecular complexity index is 1910. The van der Waals surface area contributed by atoms with Crippen molar-refractivity contribution >= 4 is 23.7 Å². The molecule has 1 aliphatic heterocycles. The van der Waals surface area contributed by atoms with Crippen LogP contribution in [0.3, 0.4) is 0 Å². The van der Waals surface area contributed by atoms with Crippen LogP contribution in [0.2, 0.25) is 0 Å². The summed E-state index contributed by atoms with van der Waals surface area (Å²) in [6, 6.07) is 24.8. The van der Waals surface area contributed by atoms with Gasteiger partial charge in [0.1, 0.15) is 11.9 Å². The van der Waals surface area contributed by atoms with Crippen LogP contribution in [-0.4, -0.2) is 100 Å². The second kappa shape index (κ2) is 15.3. The molecule has 0 radical (unpaired) electrons. The van der Waals surface area contributed by atoms with Gasteiger partial charge in [-0.3, -0.25) is 19.7 Å². The molecule has 2 atom stereocenters. The summed E-state index contributed by atoms with van der Waals surface area (Å²) in [5.41, 5.74) is 6.51. The molecule has 3 heterocycles. The van der Waals surface area contributed by atoms with E-state index in [9.17, 15) is 14.4 Å². The summed E-state index contributed by atoms with van der Waals surface area (Å²) in [5, 5.41) is 5.74. The Kier molecular flexibility index (Phi) is 10.5. The Morgan fingerprint density at radius 1 is 0.760 bits per heavy atom. The number of nitrogens with one attached hydrogen (secondary N) is 4. The van der Waals surface area contributed by atoms with Gasteiger partial charge in [0.15, 0.2) is 0 Å². The van der Waals surface area contributed by atoms with Gasteiger partial charge in [-0.1, -0.05) is 78.9 Å². The molecule has 0 bridgehead atoms. The summed E-state index contributed by atoms with van der Waals surface area (Å²) in [6.07, 6.45) is 5.16. The van der Waals surface area contributed by atoms with E-state index in [1.807, 2.05) is 81.8 Å². The van der Waals surface area contributed by atoms with Crippen molar-refractivity contribution in [2.45, 2.75) is 24.9 Å². The number of benzene rings is 3. The zero-order valence-electron chi connectivity index (χ0n) is 28.8. The molecule has 0 saturated carbocycles. The van der Waals surface area contributed by atoms with Crippen LogP contribution in [-0.2, 0) is 14.4 Å². The molecule has 0 aliphatic carbocycles. The number of carbonyl (C=O) groups excluding carboxylic acids is 3. The van der Waals surface area contributed by atoms with Gasteiger partial charge >= 0.3 is 0 Å². The number of amides is 3. The van der Waals surface area contributed by atoms with E-state index in [0.29, 0.717) is 12.5 Å². The van der Waals surface area contributed by atoms with Crippen LogP contribution in [0.25, 0.3) is 33.6 Å². The second-order valence-corrected chi connectivity index (χ2v) is 13.1. The SMILES string of the molecule is CN(C)CC(=O)Nc1ncc(-c2ccc(-c3ccc(-c4cnc(C5CCCN5C(=O)[C@H](NC(=O)CN(C)C)c5ccccc5)[nH]4)cc3)cc2)[nH]1. The largest absolute Gasteiger partial charge is 0.340 e. The van der Waals surface area contributed by atoms with Gasteiger partial charge in [0, 0.05) is 6.54 Å². The molecule has 12 nitrogen and oxygen atoms in total. The Labute approximate surface area is 291 Å². The second-order valence-electron chi connectivity index (χ2n) is 13.1. The molecule has 3 aromatic carbocycles. The summed E-state index contributed by atoms with van der Waals surface area (Å²) >= 11 is 0. The summed E-state index contributed by atoms with van der Waals surface area (Å²) in [6.45, 7) is 1.06. The van der Waals surface area contributed by atoms with Crippen molar-refractivity contribution in [1.82, 2.24) is 40.0 Å².